The number of fused-ring (bicyclic) bond motifs is 1. The molecule has 3 aliphatic rings. The van der Waals surface area contributed by atoms with Crippen molar-refractivity contribution in [2.75, 3.05) is 13.1 Å². The van der Waals surface area contributed by atoms with Gasteiger partial charge in [-0.2, -0.15) is 5.11 Å². The fraction of sp³-hybridized carbons (Fsp3) is 0.526. The van der Waals surface area contributed by atoms with Crippen LogP contribution in [0, 0.1) is 0 Å². The van der Waals surface area contributed by atoms with Gasteiger partial charge in [-0.25, -0.2) is 4.79 Å². The van der Waals surface area contributed by atoms with Gasteiger partial charge in [-0.3, -0.25) is 10.1 Å². The number of carboxylic acids is 1. The van der Waals surface area contributed by atoms with Gasteiger partial charge in [0.2, 0.25) is 5.91 Å². The number of amides is 1. The van der Waals surface area contributed by atoms with E-state index >= 15 is 0 Å². The first-order valence-corrected chi connectivity index (χ1v) is 10.5. The number of aliphatic hydroxyl groups is 1. The minimum Gasteiger partial charge on any atom is -0.534 e. The lowest BCUT2D eigenvalue weighted by Gasteiger charge is -2.29. The fourth-order valence-electron chi connectivity index (χ4n) is 4.10. The van der Waals surface area contributed by atoms with Gasteiger partial charge in [-0.1, -0.05) is 12.1 Å². The van der Waals surface area contributed by atoms with Gasteiger partial charge in [-0.05, 0) is 36.2 Å². The van der Waals surface area contributed by atoms with E-state index in [1.165, 1.54) is 6.07 Å². The third-order valence-electron chi connectivity index (χ3n) is 5.72. The highest BCUT2D eigenvalue weighted by Gasteiger charge is 2.38. The van der Waals surface area contributed by atoms with E-state index in [1.54, 1.807) is 12.1 Å². The third kappa shape index (κ3) is 5.13. The second-order valence-electron chi connectivity index (χ2n) is 8.08. The van der Waals surface area contributed by atoms with Crippen molar-refractivity contribution >= 4 is 24.7 Å². The molecule has 0 aromatic heterocycles. The number of carbonyl (C=O) groups is 2. The maximum absolute atomic E-state index is 12.6. The van der Waals surface area contributed by atoms with Crippen molar-refractivity contribution in [3.8, 4) is 5.75 Å². The minimum absolute atomic E-state index is 0.0433. The van der Waals surface area contributed by atoms with Crippen LogP contribution in [0.3, 0.4) is 0 Å². The van der Waals surface area contributed by atoms with E-state index in [4.69, 9.17) is 4.65 Å². The Morgan fingerprint density at radius 1 is 1.38 bits per heavy atom. The average molecular weight is 444 g/mol. The number of aromatic carboxylic acids is 1. The van der Waals surface area contributed by atoms with Crippen LogP contribution in [-0.2, 0) is 11.2 Å². The molecule has 6 N–H and O–H groups in total. The maximum atomic E-state index is 12.6. The summed E-state index contributed by atoms with van der Waals surface area (Å²) in [7, 11) is -1.39. The number of aliphatic hydroxyl groups excluding tert-OH is 1. The molecule has 0 saturated carbocycles. The molecule has 3 aliphatic heterocycles. The van der Waals surface area contributed by atoms with Crippen molar-refractivity contribution in [1.82, 2.24) is 16.0 Å². The number of carboxylic acid groups (broad SMARTS) is 1. The van der Waals surface area contributed by atoms with Crippen LogP contribution in [0.15, 0.2) is 33.6 Å². The molecule has 1 amide bonds. The molecule has 170 valence electrons. The van der Waals surface area contributed by atoms with Crippen LogP contribution >= 0.6 is 0 Å². The highest BCUT2D eigenvalue weighted by molar-refractivity contribution is 6.47. The Balaban J connectivity index is 1.31. The van der Waals surface area contributed by atoms with E-state index in [-0.39, 0.29) is 36.6 Å². The van der Waals surface area contributed by atoms with Crippen molar-refractivity contribution < 1.29 is 29.5 Å². The van der Waals surface area contributed by atoms with Gasteiger partial charge in [0.05, 0.1) is 23.6 Å². The third-order valence-corrected chi connectivity index (χ3v) is 5.72. The Hall–Kier alpha value is -2.87. The van der Waals surface area contributed by atoms with Crippen molar-refractivity contribution in [3.05, 3.63) is 29.3 Å². The molecular formula is C19H25BN6O6. The zero-order chi connectivity index (χ0) is 22.7. The lowest BCUT2D eigenvalue weighted by molar-refractivity contribution is -0.120. The number of benzene rings is 1. The van der Waals surface area contributed by atoms with Gasteiger partial charge < -0.3 is 30.5 Å². The Kier molecular flexibility index (Phi) is 6.79. The summed E-state index contributed by atoms with van der Waals surface area (Å²) >= 11 is 0. The Morgan fingerprint density at radius 2 is 2.22 bits per heavy atom. The summed E-state index contributed by atoms with van der Waals surface area (Å²) in [5.41, 5.74) is 0.961. The zero-order valence-electron chi connectivity index (χ0n) is 17.3. The normalized spacial score (nSPS) is 25.1. The molecule has 32 heavy (non-hydrogen) atoms. The molecule has 12 nitrogen and oxygen atoms in total. The van der Waals surface area contributed by atoms with Gasteiger partial charge in [-0.15, -0.1) is 5.10 Å². The number of hydrogen-bond acceptors (Lipinski definition) is 10. The first kappa shape index (κ1) is 22.3. The van der Waals surface area contributed by atoms with Crippen LogP contribution in [0.2, 0.25) is 0 Å². The van der Waals surface area contributed by atoms with Crippen LogP contribution < -0.4 is 20.6 Å². The van der Waals surface area contributed by atoms with E-state index in [2.05, 4.69) is 31.4 Å². The molecule has 4 rings (SSSR count). The number of para-hydroxylation sites is 1. The number of rotatable bonds is 8. The molecule has 0 bridgehead atoms. The highest BCUT2D eigenvalue weighted by atomic mass is 16.5. The summed E-state index contributed by atoms with van der Waals surface area (Å²) < 4.78 is 5.39. The number of hydrogen-bond donors (Lipinski definition) is 6. The second kappa shape index (κ2) is 9.73. The molecular weight excluding hydrogens is 419 g/mol. The monoisotopic (exact) mass is 444 g/mol. The fourth-order valence-corrected chi connectivity index (χ4v) is 4.10. The van der Waals surface area contributed by atoms with E-state index in [9.17, 15) is 24.8 Å². The van der Waals surface area contributed by atoms with Gasteiger partial charge in [0.15, 0.2) is 0 Å². The van der Waals surface area contributed by atoms with Crippen molar-refractivity contribution in [2.45, 2.75) is 49.9 Å². The number of carbonyl (C=O) groups excluding carboxylic acids is 1. The lowest BCUT2D eigenvalue weighted by Crippen LogP contribution is -2.53. The van der Waals surface area contributed by atoms with Gasteiger partial charge in [0.1, 0.15) is 18.0 Å². The Labute approximate surface area is 184 Å². The van der Waals surface area contributed by atoms with Crippen molar-refractivity contribution in [1.29, 1.82) is 0 Å². The SMILES string of the molecule is O=C(CC1=NN=NC1CC(O)N[C@H]1CCNC1)N[C@H]1Cc2cccc(C(=O)O)c2OB1O. The van der Waals surface area contributed by atoms with Crippen LogP contribution in [-0.4, -0.2) is 77.3 Å². The van der Waals surface area contributed by atoms with E-state index in [0.29, 0.717) is 11.3 Å². The van der Waals surface area contributed by atoms with Crippen molar-refractivity contribution in [3.63, 3.8) is 0 Å². The molecule has 1 aromatic rings. The molecule has 0 radical (unpaired) electrons. The molecule has 1 fully saturated rings. The average Bonchev–Trinajstić information content (AvgIpc) is 3.40. The first-order chi connectivity index (χ1) is 15.4. The van der Waals surface area contributed by atoms with Crippen LogP contribution in [0.1, 0.15) is 35.2 Å². The second-order valence-corrected chi connectivity index (χ2v) is 8.08. The highest BCUT2D eigenvalue weighted by Crippen LogP contribution is 2.30. The summed E-state index contributed by atoms with van der Waals surface area (Å²) in [6.07, 6.45) is 0.484. The van der Waals surface area contributed by atoms with Crippen LogP contribution in [0.5, 0.6) is 5.75 Å². The van der Waals surface area contributed by atoms with E-state index in [1.807, 2.05) is 0 Å². The molecule has 2 unspecified atom stereocenters. The number of nitrogens with one attached hydrogen (secondary N) is 3. The van der Waals surface area contributed by atoms with Gasteiger partial charge in [0, 0.05) is 19.0 Å². The summed E-state index contributed by atoms with van der Waals surface area (Å²) in [5.74, 6) is -2.21. The van der Waals surface area contributed by atoms with Gasteiger partial charge in [0.25, 0.3) is 0 Å². The zero-order valence-corrected chi connectivity index (χ0v) is 17.3. The lowest BCUT2D eigenvalue weighted by atomic mass is 9.72. The largest absolute Gasteiger partial charge is 0.547 e. The van der Waals surface area contributed by atoms with E-state index in [0.717, 1.165) is 19.5 Å². The molecule has 1 saturated heterocycles. The minimum atomic E-state index is -1.39. The van der Waals surface area contributed by atoms with Crippen LogP contribution in [0.25, 0.3) is 0 Å². The van der Waals surface area contributed by atoms with Crippen molar-refractivity contribution in [2.24, 2.45) is 15.4 Å². The molecule has 13 heteroatoms. The predicted octanol–water partition coefficient (Wildman–Crippen LogP) is -0.935. The summed E-state index contributed by atoms with van der Waals surface area (Å²) in [5, 5.41) is 50.5. The Morgan fingerprint density at radius 3 is 2.97 bits per heavy atom. The van der Waals surface area contributed by atoms with Crippen LogP contribution in [0.4, 0.5) is 0 Å². The predicted molar refractivity (Wildman–Crippen MR) is 113 cm³/mol. The number of nitrogens with zero attached hydrogens (tertiary/aromatic N) is 3. The topological polar surface area (TPSA) is 177 Å². The smallest absolute Gasteiger partial charge is 0.534 e. The van der Waals surface area contributed by atoms with E-state index < -0.39 is 37.2 Å². The molecule has 4 atom stereocenters. The summed E-state index contributed by atoms with van der Waals surface area (Å²) in [4.78, 5) is 23.9. The molecule has 0 aliphatic carbocycles. The Bertz CT molecular complexity index is 937. The van der Waals surface area contributed by atoms with Gasteiger partial charge >= 0.3 is 13.1 Å². The molecule has 3 heterocycles. The molecule has 1 aromatic carbocycles. The first-order valence-electron chi connectivity index (χ1n) is 10.5. The maximum Gasteiger partial charge on any atom is 0.547 e. The standard InChI is InChI=1S/C19H25BN6O6/c27-16(22-11-4-5-21-9-11)7-13-14(25-26-24-13)8-17(28)23-15-6-10-2-1-3-12(19(29)30)18(10)32-20(15)31/h1-3,11,13,15-16,21-22,27,31H,4-9H2,(H,23,28)(H,29,30)/t11-,13?,15-,16?/m0/s1. The summed E-state index contributed by atoms with van der Waals surface area (Å²) in [6.45, 7) is 1.69. The quantitative estimate of drug-likeness (QED) is 0.220. The summed E-state index contributed by atoms with van der Waals surface area (Å²) in [6, 6.07) is 4.35. The molecule has 0 spiro atoms.